The average molecular weight is 379 g/mol. The summed E-state index contributed by atoms with van der Waals surface area (Å²) in [5.74, 6) is -0.325. The minimum atomic E-state index is -0.543. The maximum atomic E-state index is 12.3. The molecule has 27 heavy (non-hydrogen) atoms. The van der Waals surface area contributed by atoms with Crippen LogP contribution in [0.1, 0.15) is 43.7 Å². The topological polar surface area (TPSA) is 120 Å². The number of nitrogens with one attached hydrogen (secondary N) is 2. The average Bonchev–Trinajstić information content (AvgIpc) is 2.95. The van der Waals surface area contributed by atoms with Crippen LogP contribution < -0.4 is 10.6 Å². The molecule has 2 rings (SSSR count). The van der Waals surface area contributed by atoms with E-state index in [4.69, 9.17) is 14.0 Å². The van der Waals surface area contributed by atoms with Gasteiger partial charge in [0.05, 0.1) is 29.6 Å². The molecule has 9 nitrogen and oxygen atoms in total. The summed E-state index contributed by atoms with van der Waals surface area (Å²) in [6, 6.07) is -0.939. The summed E-state index contributed by atoms with van der Waals surface area (Å²) in [6.45, 7) is 7.12. The van der Waals surface area contributed by atoms with Crippen molar-refractivity contribution in [1.82, 2.24) is 15.8 Å². The number of urea groups is 1. The highest BCUT2D eigenvalue weighted by Crippen LogP contribution is 2.18. The molecule has 2 amide bonds. The number of aromatic nitrogens is 1. The maximum Gasteiger partial charge on any atom is 0.338 e. The number of carbonyl (C=O) groups is 3. The van der Waals surface area contributed by atoms with Gasteiger partial charge in [-0.25, -0.2) is 9.59 Å². The highest BCUT2D eigenvalue weighted by molar-refractivity contribution is 5.94. The fourth-order valence-electron chi connectivity index (χ4n) is 2.89. The number of esters is 2. The van der Waals surface area contributed by atoms with Crippen molar-refractivity contribution in [3.05, 3.63) is 28.3 Å². The zero-order valence-electron chi connectivity index (χ0n) is 16.0. The van der Waals surface area contributed by atoms with E-state index in [-0.39, 0.29) is 30.9 Å². The van der Waals surface area contributed by atoms with Crippen LogP contribution in [0, 0.1) is 13.8 Å². The molecule has 0 aromatic carbocycles. The van der Waals surface area contributed by atoms with Crippen LogP contribution in [0.25, 0.3) is 0 Å². The van der Waals surface area contributed by atoms with Crippen LogP contribution in [0.4, 0.5) is 4.79 Å². The third-order valence-electron chi connectivity index (χ3n) is 4.28. The van der Waals surface area contributed by atoms with E-state index < -0.39 is 24.0 Å². The Morgan fingerprint density at radius 2 is 1.96 bits per heavy atom. The second-order valence-electron chi connectivity index (χ2n) is 6.14. The Labute approximate surface area is 157 Å². The second kappa shape index (κ2) is 9.20. The SMILES string of the molecule is CCOC(=O)C1=C(COC(=O)CCc2c(C)noc2C)NC(=O)N[C@@H]1CC. The summed E-state index contributed by atoms with van der Waals surface area (Å²) in [5, 5.41) is 9.05. The lowest BCUT2D eigenvalue weighted by Gasteiger charge is -2.28. The Kier molecular flexibility index (Phi) is 6.98. The number of hydrogen-bond acceptors (Lipinski definition) is 7. The van der Waals surface area contributed by atoms with E-state index in [1.165, 1.54) is 0 Å². The first-order valence-corrected chi connectivity index (χ1v) is 8.92. The largest absolute Gasteiger partial charge is 0.463 e. The molecule has 2 N–H and O–H groups in total. The summed E-state index contributed by atoms with van der Waals surface area (Å²) < 4.78 is 15.4. The lowest BCUT2D eigenvalue weighted by molar-refractivity contribution is -0.143. The highest BCUT2D eigenvalue weighted by Gasteiger charge is 2.32. The van der Waals surface area contributed by atoms with Gasteiger partial charge in [0, 0.05) is 12.0 Å². The van der Waals surface area contributed by atoms with Crippen LogP contribution in [-0.4, -0.2) is 42.4 Å². The van der Waals surface area contributed by atoms with Gasteiger partial charge >= 0.3 is 18.0 Å². The molecule has 0 fully saturated rings. The third-order valence-corrected chi connectivity index (χ3v) is 4.28. The van der Waals surface area contributed by atoms with Crippen LogP contribution in [0.2, 0.25) is 0 Å². The summed E-state index contributed by atoms with van der Waals surface area (Å²) in [5.41, 5.74) is 2.14. The quantitative estimate of drug-likeness (QED) is 0.659. The Morgan fingerprint density at radius 3 is 2.56 bits per heavy atom. The monoisotopic (exact) mass is 379 g/mol. The van der Waals surface area contributed by atoms with Crippen molar-refractivity contribution in [2.45, 2.75) is 53.0 Å². The number of ether oxygens (including phenoxy) is 2. The Hall–Kier alpha value is -2.84. The summed E-state index contributed by atoms with van der Waals surface area (Å²) >= 11 is 0. The molecule has 9 heteroatoms. The normalized spacial score (nSPS) is 16.6. The van der Waals surface area contributed by atoms with Gasteiger partial charge in [-0.05, 0) is 33.6 Å². The standard InChI is InChI=1S/C18H25N3O6/c1-5-13-16(17(23)25-6-2)14(20-18(24)19-13)9-26-15(22)8-7-12-10(3)21-27-11(12)4/h13H,5-9H2,1-4H3,(H2,19,20,24)/t13-/m1/s1. The van der Waals surface area contributed by atoms with Gasteiger partial charge in [-0.1, -0.05) is 12.1 Å². The van der Waals surface area contributed by atoms with E-state index in [1.54, 1.807) is 13.8 Å². The van der Waals surface area contributed by atoms with Crippen LogP contribution in [0.3, 0.4) is 0 Å². The Morgan fingerprint density at radius 1 is 1.22 bits per heavy atom. The van der Waals surface area contributed by atoms with Gasteiger partial charge in [0.2, 0.25) is 0 Å². The fourth-order valence-corrected chi connectivity index (χ4v) is 2.89. The summed E-state index contributed by atoms with van der Waals surface area (Å²) in [7, 11) is 0. The lowest BCUT2D eigenvalue weighted by Crippen LogP contribution is -2.51. The van der Waals surface area contributed by atoms with Crippen LogP contribution in [0.15, 0.2) is 15.8 Å². The first-order chi connectivity index (χ1) is 12.9. The second-order valence-corrected chi connectivity index (χ2v) is 6.14. The van der Waals surface area contributed by atoms with Crippen molar-refractivity contribution >= 4 is 18.0 Å². The minimum Gasteiger partial charge on any atom is -0.463 e. The van der Waals surface area contributed by atoms with Crippen LogP contribution in [0.5, 0.6) is 0 Å². The first kappa shape index (κ1) is 20.5. The number of carbonyl (C=O) groups excluding carboxylic acids is 3. The van der Waals surface area contributed by atoms with Gasteiger partial charge in [-0.2, -0.15) is 0 Å². The summed E-state index contributed by atoms with van der Waals surface area (Å²) in [6.07, 6.45) is 1.08. The third kappa shape index (κ3) is 5.08. The van der Waals surface area contributed by atoms with Gasteiger partial charge in [0.1, 0.15) is 12.4 Å². The van der Waals surface area contributed by atoms with Gasteiger partial charge < -0.3 is 24.6 Å². The Bertz CT molecular complexity index is 733. The van der Waals surface area contributed by atoms with Crippen molar-refractivity contribution in [3.63, 3.8) is 0 Å². The molecule has 1 aliphatic rings. The molecule has 148 valence electrons. The van der Waals surface area contributed by atoms with Crippen LogP contribution >= 0.6 is 0 Å². The Balaban J connectivity index is 2.04. The number of hydrogen-bond donors (Lipinski definition) is 2. The van der Waals surface area contributed by atoms with Gasteiger partial charge in [-0.15, -0.1) is 0 Å². The number of nitrogens with zero attached hydrogens (tertiary/aromatic N) is 1. The summed E-state index contributed by atoms with van der Waals surface area (Å²) in [4.78, 5) is 36.2. The van der Waals surface area contributed by atoms with Gasteiger partial charge in [-0.3, -0.25) is 4.79 Å². The van der Waals surface area contributed by atoms with E-state index in [1.807, 2.05) is 13.8 Å². The number of amides is 2. The molecule has 1 aromatic rings. The van der Waals surface area contributed by atoms with E-state index in [0.717, 1.165) is 11.3 Å². The lowest BCUT2D eigenvalue weighted by atomic mass is 10.0. The van der Waals surface area contributed by atoms with Gasteiger partial charge in [0.15, 0.2) is 0 Å². The molecule has 2 heterocycles. The zero-order chi connectivity index (χ0) is 20.0. The van der Waals surface area contributed by atoms with E-state index in [9.17, 15) is 14.4 Å². The maximum absolute atomic E-state index is 12.3. The van der Waals surface area contributed by atoms with Crippen molar-refractivity contribution in [2.24, 2.45) is 0 Å². The minimum absolute atomic E-state index is 0.133. The zero-order valence-corrected chi connectivity index (χ0v) is 16.0. The van der Waals surface area contributed by atoms with Crippen molar-refractivity contribution in [2.75, 3.05) is 13.2 Å². The smallest absolute Gasteiger partial charge is 0.338 e. The molecule has 1 aromatic heterocycles. The number of aryl methyl sites for hydroxylation is 2. The van der Waals surface area contributed by atoms with Crippen molar-refractivity contribution < 1.29 is 28.4 Å². The number of rotatable bonds is 8. The predicted octanol–water partition coefficient (Wildman–Crippen LogP) is 1.68. The highest BCUT2D eigenvalue weighted by atomic mass is 16.5. The molecule has 0 saturated heterocycles. The van der Waals surface area contributed by atoms with Crippen molar-refractivity contribution in [3.8, 4) is 0 Å². The molecule has 1 atom stereocenters. The molecule has 0 saturated carbocycles. The van der Waals surface area contributed by atoms with E-state index in [2.05, 4.69) is 15.8 Å². The van der Waals surface area contributed by atoms with Gasteiger partial charge in [0.25, 0.3) is 0 Å². The molecular weight excluding hydrogens is 354 g/mol. The van der Waals surface area contributed by atoms with Crippen molar-refractivity contribution in [1.29, 1.82) is 0 Å². The first-order valence-electron chi connectivity index (χ1n) is 8.92. The molecule has 0 unspecified atom stereocenters. The molecule has 0 spiro atoms. The fraction of sp³-hybridized carbons (Fsp3) is 0.556. The van der Waals surface area contributed by atoms with E-state index in [0.29, 0.717) is 18.6 Å². The molecule has 0 radical (unpaired) electrons. The molecular formula is C18H25N3O6. The molecule has 0 aliphatic carbocycles. The molecule has 1 aliphatic heterocycles. The predicted molar refractivity (Wildman–Crippen MR) is 94.7 cm³/mol. The van der Waals surface area contributed by atoms with E-state index >= 15 is 0 Å². The molecule has 0 bridgehead atoms. The van der Waals surface area contributed by atoms with Crippen LogP contribution in [-0.2, 0) is 25.5 Å².